The monoisotopic (exact) mass is 216 g/mol. The zero-order valence-electron chi connectivity index (χ0n) is 9.43. The Morgan fingerprint density at radius 2 is 2.19 bits per heavy atom. The number of pyridine rings is 1. The number of aryl methyl sites for hydroxylation is 1. The minimum Gasteiger partial charge on any atom is -0.334 e. The second kappa shape index (κ2) is 5.42. The second-order valence-corrected chi connectivity index (χ2v) is 3.64. The molecule has 0 fully saturated rings. The molecule has 0 saturated carbocycles. The summed E-state index contributed by atoms with van der Waals surface area (Å²) in [5.41, 5.74) is 2.41. The van der Waals surface area contributed by atoms with Crippen molar-refractivity contribution in [3.8, 4) is 0 Å². The lowest BCUT2D eigenvalue weighted by Crippen LogP contribution is -2.15. The Balaban J connectivity index is 1.85. The summed E-state index contributed by atoms with van der Waals surface area (Å²) in [5, 5.41) is 3.38. The van der Waals surface area contributed by atoms with E-state index >= 15 is 0 Å². The van der Waals surface area contributed by atoms with E-state index < -0.39 is 0 Å². The van der Waals surface area contributed by atoms with Crippen LogP contribution in [-0.2, 0) is 19.6 Å². The highest BCUT2D eigenvalue weighted by Crippen LogP contribution is 2.00. The molecule has 2 rings (SSSR count). The van der Waals surface area contributed by atoms with E-state index in [2.05, 4.69) is 32.8 Å². The fraction of sp³-hybridized carbons (Fsp3) is 0.333. The number of nitrogens with one attached hydrogen (secondary N) is 1. The van der Waals surface area contributed by atoms with Crippen molar-refractivity contribution in [2.75, 3.05) is 0 Å². The molecule has 2 heterocycles. The first kappa shape index (κ1) is 10.8. The lowest BCUT2D eigenvalue weighted by molar-refractivity contribution is 0.627. The first-order chi connectivity index (χ1) is 7.90. The van der Waals surface area contributed by atoms with Gasteiger partial charge >= 0.3 is 0 Å². The maximum absolute atomic E-state index is 4.13. The van der Waals surface area contributed by atoms with Crippen LogP contribution in [0.5, 0.6) is 0 Å². The molecule has 0 bridgehead atoms. The Morgan fingerprint density at radius 1 is 1.25 bits per heavy atom. The largest absolute Gasteiger partial charge is 0.334 e. The Morgan fingerprint density at radius 3 is 2.94 bits per heavy atom. The van der Waals surface area contributed by atoms with Gasteiger partial charge in [0.2, 0.25) is 0 Å². The maximum Gasteiger partial charge on any atom is 0.0948 e. The van der Waals surface area contributed by atoms with Gasteiger partial charge in [-0.25, -0.2) is 4.98 Å². The van der Waals surface area contributed by atoms with E-state index in [0.717, 1.165) is 19.6 Å². The van der Waals surface area contributed by atoms with Crippen molar-refractivity contribution in [1.29, 1.82) is 0 Å². The minimum atomic E-state index is 0.836. The Labute approximate surface area is 95.4 Å². The summed E-state index contributed by atoms with van der Waals surface area (Å²) in [6, 6.07) is 4.02. The zero-order valence-corrected chi connectivity index (χ0v) is 9.43. The van der Waals surface area contributed by atoms with Gasteiger partial charge in [-0.2, -0.15) is 0 Å². The Bertz CT molecular complexity index is 422. The molecule has 4 heteroatoms. The summed E-state index contributed by atoms with van der Waals surface area (Å²) in [6.07, 6.45) is 7.43. The van der Waals surface area contributed by atoms with E-state index in [1.165, 1.54) is 11.3 Å². The molecular formula is C12H16N4. The second-order valence-electron chi connectivity index (χ2n) is 3.64. The molecule has 2 aromatic heterocycles. The van der Waals surface area contributed by atoms with Crippen LogP contribution in [0.2, 0.25) is 0 Å². The highest BCUT2D eigenvalue weighted by Gasteiger charge is 1.99. The van der Waals surface area contributed by atoms with E-state index in [4.69, 9.17) is 0 Å². The predicted octanol–water partition coefficient (Wildman–Crippen LogP) is 1.59. The lowest BCUT2D eigenvalue weighted by atomic mass is 10.3. The molecule has 2 aromatic rings. The number of hydrogen-bond acceptors (Lipinski definition) is 3. The first-order valence-corrected chi connectivity index (χ1v) is 5.48. The van der Waals surface area contributed by atoms with Gasteiger partial charge in [0.05, 0.1) is 12.0 Å². The molecule has 0 aliphatic heterocycles. The Hall–Kier alpha value is -1.68. The number of nitrogens with zero attached hydrogens (tertiary/aromatic N) is 3. The van der Waals surface area contributed by atoms with Crippen molar-refractivity contribution in [2.45, 2.75) is 26.6 Å². The molecule has 0 aliphatic rings. The van der Waals surface area contributed by atoms with Gasteiger partial charge in [0.15, 0.2) is 0 Å². The fourth-order valence-corrected chi connectivity index (χ4v) is 1.62. The van der Waals surface area contributed by atoms with Crippen LogP contribution in [0.25, 0.3) is 0 Å². The van der Waals surface area contributed by atoms with Crippen molar-refractivity contribution in [1.82, 2.24) is 19.9 Å². The SMILES string of the molecule is CCn1cncc1CNCc1cccnc1. The normalized spacial score (nSPS) is 10.6. The van der Waals surface area contributed by atoms with E-state index in [1.807, 2.05) is 24.8 Å². The minimum absolute atomic E-state index is 0.836. The topological polar surface area (TPSA) is 42.7 Å². The van der Waals surface area contributed by atoms with E-state index in [1.54, 1.807) is 6.20 Å². The van der Waals surface area contributed by atoms with Gasteiger partial charge in [0.1, 0.15) is 0 Å². The van der Waals surface area contributed by atoms with Crippen LogP contribution >= 0.6 is 0 Å². The molecular weight excluding hydrogens is 200 g/mol. The molecule has 0 saturated heterocycles. The average Bonchev–Trinajstić information content (AvgIpc) is 2.78. The van der Waals surface area contributed by atoms with Gasteiger partial charge < -0.3 is 9.88 Å². The van der Waals surface area contributed by atoms with E-state index in [-0.39, 0.29) is 0 Å². The van der Waals surface area contributed by atoms with Gasteiger partial charge in [-0.15, -0.1) is 0 Å². The van der Waals surface area contributed by atoms with Crippen LogP contribution in [0.3, 0.4) is 0 Å². The molecule has 0 spiro atoms. The standard InChI is InChI=1S/C12H16N4/c1-2-16-10-15-9-12(16)8-14-7-11-4-3-5-13-6-11/h3-6,9-10,14H,2,7-8H2,1H3. The van der Waals surface area contributed by atoms with Crippen molar-refractivity contribution in [2.24, 2.45) is 0 Å². The molecule has 4 nitrogen and oxygen atoms in total. The molecule has 0 unspecified atom stereocenters. The number of imidazole rings is 1. The molecule has 0 aromatic carbocycles. The summed E-state index contributed by atoms with van der Waals surface area (Å²) in [7, 11) is 0. The summed E-state index contributed by atoms with van der Waals surface area (Å²) in [5.74, 6) is 0. The average molecular weight is 216 g/mol. The predicted molar refractivity (Wildman–Crippen MR) is 62.7 cm³/mol. The zero-order chi connectivity index (χ0) is 11.2. The third-order valence-electron chi connectivity index (χ3n) is 2.50. The fourth-order valence-electron chi connectivity index (χ4n) is 1.62. The number of rotatable bonds is 5. The lowest BCUT2D eigenvalue weighted by Gasteiger charge is -2.06. The maximum atomic E-state index is 4.13. The van der Waals surface area contributed by atoms with Crippen LogP contribution in [0.15, 0.2) is 37.1 Å². The van der Waals surface area contributed by atoms with Gasteiger partial charge in [0, 0.05) is 38.2 Å². The van der Waals surface area contributed by atoms with E-state index in [9.17, 15) is 0 Å². The first-order valence-electron chi connectivity index (χ1n) is 5.48. The van der Waals surface area contributed by atoms with Crippen molar-refractivity contribution in [3.05, 3.63) is 48.3 Å². The van der Waals surface area contributed by atoms with Gasteiger partial charge in [-0.05, 0) is 18.6 Å². The van der Waals surface area contributed by atoms with Crippen LogP contribution in [0.4, 0.5) is 0 Å². The van der Waals surface area contributed by atoms with Crippen molar-refractivity contribution < 1.29 is 0 Å². The highest BCUT2D eigenvalue weighted by atomic mass is 15.1. The number of hydrogen-bond donors (Lipinski definition) is 1. The third kappa shape index (κ3) is 2.67. The van der Waals surface area contributed by atoms with Crippen LogP contribution in [-0.4, -0.2) is 14.5 Å². The number of aromatic nitrogens is 3. The molecule has 1 N–H and O–H groups in total. The molecule has 0 aliphatic carbocycles. The van der Waals surface area contributed by atoms with Crippen molar-refractivity contribution in [3.63, 3.8) is 0 Å². The van der Waals surface area contributed by atoms with Gasteiger partial charge in [-0.1, -0.05) is 6.07 Å². The van der Waals surface area contributed by atoms with Gasteiger partial charge in [0.25, 0.3) is 0 Å². The van der Waals surface area contributed by atoms with E-state index in [0.29, 0.717) is 0 Å². The van der Waals surface area contributed by atoms with Crippen molar-refractivity contribution >= 4 is 0 Å². The molecule has 16 heavy (non-hydrogen) atoms. The summed E-state index contributed by atoms with van der Waals surface area (Å²) >= 11 is 0. The molecule has 84 valence electrons. The van der Waals surface area contributed by atoms with Crippen LogP contribution in [0, 0.1) is 0 Å². The summed E-state index contributed by atoms with van der Waals surface area (Å²) in [6.45, 7) is 4.75. The molecule has 0 atom stereocenters. The van der Waals surface area contributed by atoms with Gasteiger partial charge in [-0.3, -0.25) is 4.98 Å². The van der Waals surface area contributed by atoms with Crippen LogP contribution < -0.4 is 5.32 Å². The molecule has 0 amide bonds. The molecule has 0 radical (unpaired) electrons. The third-order valence-corrected chi connectivity index (χ3v) is 2.50. The van der Waals surface area contributed by atoms with Crippen LogP contribution in [0.1, 0.15) is 18.2 Å². The Kier molecular flexibility index (Phi) is 3.66. The summed E-state index contributed by atoms with van der Waals surface area (Å²) < 4.78 is 2.14. The summed E-state index contributed by atoms with van der Waals surface area (Å²) in [4.78, 5) is 8.21. The highest BCUT2D eigenvalue weighted by molar-refractivity contribution is 5.08. The smallest absolute Gasteiger partial charge is 0.0948 e. The quantitative estimate of drug-likeness (QED) is 0.825.